The molecule has 0 radical (unpaired) electrons. The van der Waals surface area contributed by atoms with Crippen molar-refractivity contribution in [1.29, 1.82) is 0 Å². The number of nitrogens with zero attached hydrogens (tertiary/aromatic N) is 4. The van der Waals surface area contributed by atoms with E-state index >= 15 is 0 Å². The number of nitrogens with one attached hydrogen (secondary N) is 1. The summed E-state index contributed by atoms with van der Waals surface area (Å²) in [6.07, 6.45) is 1.90. The highest BCUT2D eigenvalue weighted by Gasteiger charge is 2.08. The summed E-state index contributed by atoms with van der Waals surface area (Å²) in [6.45, 7) is 4.83. The lowest BCUT2D eigenvalue weighted by molar-refractivity contribution is -0.127. The molecule has 0 saturated carbocycles. The van der Waals surface area contributed by atoms with Crippen molar-refractivity contribution in [3.63, 3.8) is 0 Å². The first-order chi connectivity index (χ1) is 8.60. The van der Waals surface area contributed by atoms with Crippen molar-refractivity contribution in [2.75, 3.05) is 25.5 Å². The molecule has 0 aliphatic carbocycles. The number of hydrogen-bond donors (Lipinski definition) is 1. The molecule has 18 heavy (non-hydrogen) atoms. The predicted octanol–water partition coefficient (Wildman–Crippen LogP) is 0.928. The van der Waals surface area contributed by atoms with E-state index in [1.54, 1.807) is 16.5 Å². The molecule has 0 unspecified atom stereocenters. The first-order valence-electron chi connectivity index (χ1n) is 5.91. The van der Waals surface area contributed by atoms with Crippen LogP contribution in [0.25, 0.3) is 5.65 Å². The van der Waals surface area contributed by atoms with E-state index in [-0.39, 0.29) is 12.5 Å². The van der Waals surface area contributed by atoms with E-state index in [9.17, 15) is 4.79 Å². The van der Waals surface area contributed by atoms with Gasteiger partial charge in [0.1, 0.15) is 0 Å². The van der Waals surface area contributed by atoms with Crippen molar-refractivity contribution in [3.05, 3.63) is 23.9 Å². The molecule has 96 valence electrons. The number of amides is 1. The molecule has 0 saturated heterocycles. The quantitative estimate of drug-likeness (QED) is 0.873. The van der Waals surface area contributed by atoms with E-state index in [0.29, 0.717) is 12.5 Å². The van der Waals surface area contributed by atoms with Gasteiger partial charge in [0.25, 0.3) is 0 Å². The van der Waals surface area contributed by atoms with Crippen molar-refractivity contribution in [1.82, 2.24) is 19.5 Å². The third-order valence-corrected chi connectivity index (χ3v) is 2.78. The van der Waals surface area contributed by atoms with Gasteiger partial charge in [0.2, 0.25) is 11.9 Å². The summed E-state index contributed by atoms with van der Waals surface area (Å²) in [5.41, 5.74) is 1.88. The summed E-state index contributed by atoms with van der Waals surface area (Å²) in [4.78, 5) is 17.5. The van der Waals surface area contributed by atoms with Gasteiger partial charge in [-0.25, -0.2) is 4.52 Å². The normalized spacial score (nSPS) is 10.6. The van der Waals surface area contributed by atoms with Gasteiger partial charge < -0.3 is 10.2 Å². The topological polar surface area (TPSA) is 62.5 Å². The van der Waals surface area contributed by atoms with Gasteiger partial charge in [-0.05, 0) is 25.5 Å². The number of aryl methyl sites for hydroxylation is 1. The first-order valence-corrected chi connectivity index (χ1v) is 5.91. The maximum Gasteiger partial charge on any atom is 0.243 e. The van der Waals surface area contributed by atoms with E-state index in [1.807, 2.05) is 32.2 Å². The standard InChI is InChI=1S/C12H17N5O/c1-4-16(3)11(18)7-13-12-14-10-6-5-9(2)8-17(10)15-12/h5-6,8H,4,7H2,1-3H3,(H,13,15). The van der Waals surface area contributed by atoms with Crippen molar-refractivity contribution in [3.8, 4) is 0 Å². The van der Waals surface area contributed by atoms with E-state index in [4.69, 9.17) is 0 Å². The molecule has 6 nitrogen and oxygen atoms in total. The van der Waals surface area contributed by atoms with Gasteiger partial charge in [-0.1, -0.05) is 6.07 Å². The van der Waals surface area contributed by atoms with Gasteiger partial charge in [0.05, 0.1) is 6.54 Å². The number of aromatic nitrogens is 3. The number of rotatable bonds is 4. The second-order valence-electron chi connectivity index (χ2n) is 4.21. The van der Waals surface area contributed by atoms with E-state index in [0.717, 1.165) is 11.2 Å². The summed E-state index contributed by atoms with van der Waals surface area (Å²) in [6, 6.07) is 3.87. The number of carbonyl (C=O) groups excluding carboxylic acids is 1. The Hall–Kier alpha value is -2.11. The molecule has 0 aliphatic rings. The second kappa shape index (κ2) is 5.03. The predicted molar refractivity (Wildman–Crippen MR) is 69.5 cm³/mol. The number of hydrogen-bond acceptors (Lipinski definition) is 4. The Morgan fingerprint density at radius 2 is 2.28 bits per heavy atom. The molecule has 6 heteroatoms. The largest absolute Gasteiger partial charge is 0.345 e. The van der Waals surface area contributed by atoms with Crippen molar-refractivity contribution >= 4 is 17.5 Å². The van der Waals surface area contributed by atoms with Crippen LogP contribution in [-0.4, -0.2) is 45.5 Å². The van der Waals surface area contributed by atoms with Crippen LogP contribution in [0.15, 0.2) is 18.3 Å². The van der Waals surface area contributed by atoms with Gasteiger partial charge in [-0.2, -0.15) is 4.98 Å². The summed E-state index contributed by atoms with van der Waals surface area (Å²) in [5.74, 6) is 0.492. The summed E-state index contributed by atoms with van der Waals surface area (Å²) >= 11 is 0. The van der Waals surface area contributed by atoms with Crippen LogP contribution in [0.2, 0.25) is 0 Å². The van der Waals surface area contributed by atoms with E-state index in [2.05, 4.69) is 15.4 Å². The van der Waals surface area contributed by atoms with E-state index in [1.165, 1.54) is 0 Å². The minimum atomic E-state index is 0.0209. The third-order valence-electron chi connectivity index (χ3n) is 2.78. The molecular weight excluding hydrogens is 230 g/mol. The lowest BCUT2D eigenvalue weighted by Gasteiger charge is -2.13. The zero-order valence-corrected chi connectivity index (χ0v) is 10.8. The molecule has 0 bridgehead atoms. The van der Waals surface area contributed by atoms with Gasteiger partial charge in [-0.15, -0.1) is 5.10 Å². The number of pyridine rings is 1. The minimum absolute atomic E-state index is 0.0209. The highest BCUT2D eigenvalue weighted by atomic mass is 16.2. The molecule has 0 aromatic carbocycles. The molecule has 2 aromatic rings. The van der Waals surface area contributed by atoms with Crippen LogP contribution in [0.3, 0.4) is 0 Å². The smallest absolute Gasteiger partial charge is 0.243 e. The van der Waals surface area contributed by atoms with E-state index < -0.39 is 0 Å². The van der Waals surface area contributed by atoms with Crippen molar-refractivity contribution in [2.24, 2.45) is 0 Å². The molecule has 2 aromatic heterocycles. The fraction of sp³-hybridized carbons (Fsp3) is 0.417. The first kappa shape index (κ1) is 12.3. The highest BCUT2D eigenvalue weighted by Crippen LogP contribution is 2.06. The number of anilines is 1. The average molecular weight is 247 g/mol. The van der Waals surface area contributed by atoms with Crippen LogP contribution in [0.5, 0.6) is 0 Å². The maximum absolute atomic E-state index is 11.6. The van der Waals surface area contributed by atoms with Crippen LogP contribution in [-0.2, 0) is 4.79 Å². The van der Waals surface area contributed by atoms with Gasteiger partial charge in [0, 0.05) is 19.8 Å². The Kier molecular flexibility index (Phi) is 3.45. The lowest BCUT2D eigenvalue weighted by Crippen LogP contribution is -2.32. The SMILES string of the molecule is CCN(C)C(=O)CNc1nc2ccc(C)cn2n1. The zero-order chi connectivity index (χ0) is 13.1. The zero-order valence-electron chi connectivity index (χ0n) is 10.8. The van der Waals surface area contributed by atoms with Gasteiger partial charge in [-0.3, -0.25) is 4.79 Å². The lowest BCUT2D eigenvalue weighted by atomic mass is 10.3. The fourth-order valence-electron chi connectivity index (χ4n) is 1.53. The Bertz CT molecular complexity index is 563. The summed E-state index contributed by atoms with van der Waals surface area (Å²) < 4.78 is 1.70. The van der Waals surface area contributed by atoms with Crippen LogP contribution in [0.1, 0.15) is 12.5 Å². The molecule has 1 amide bonds. The summed E-state index contributed by atoms with van der Waals surface area (Å²) in [5, 5.41) is 7.19. The van der Waals surface area contributed by atoms with Gasteiger partial charge >= 0.3 is 0 Å². The Balaban J connectivity index is 2.06. The Morgan fingerprint density at radius 1 is 1.50 bits per heavy atom. The van der Waals surface area contributed by atoms with Crippen LogP contribution < -0.4 is 5.32 Å². The maximum atomic E-state index is 11.6. The van der Waals surface area contributed by atoms with Gasteiger partial charge in [0.15, 0.2) is 5.65 Å². The number of carbonyl (C=O) groups is 1. The molecule has 0 atom stereocenters. The molecule has 1 N–H and O–H groups in total. The number of fused-ring (bicyclic) bond motifs is 1. The molecule has 0 spiro atoms. The fourth-order valence-corrected chi connectivity index (χ4v) is 1.53. The molecule has 2 rings (SSSR count). The molecular formula is C12H17N5O. The van der Waals surface area contributed by atoms with Crippen molar-refractivity contribution in [2.45, 2.75) is 13.8 Å². The summed E-state index contributed by atoms with van der Waals surface area (Å²) in [7, 11) is 1.77. The number of likely N-dealkylation sites (N-methyl/N-ethyl adjacent to an activating group) is 1. The average Bonchev–Trinajstić information content (AvgIpc) is 2.76. The second-order valence-corrected chi connectivity index (χ2v) is 4.21. The third kappa shape index (κ3) is 2.58. The molecule has 0 fully saturated rings. The molecule has 0 aliphatic heterocycles. The Morgan fingerprint density at radius 3 is 3.00 bits per heavy atom. The minimum Gasteiger partial charge on any atom is -0.345 e. The van der Waals surface area contributed by atoms with Crippen LogP contribution >= 0.6 is 0 Å². The molecule has 2 heterocycles. The van der Waals surface area contributed by atoms with Crippen LogP contribution in [0, 0.1) is 6.92 Å². The Labute approximate surface area is 106 Å². The monoisotopic (exact) mass is 247 g/mol. The highest BCUT2D eigenvalue weighted by molar-refractivity contribution is 5.80. The van der Waals surface area contributed by atoms with Crippen LogP contribution in [0.4, 0.5) is 5.95 Å². The van der Waals surface area contributed by atoms with Crippen molar-refractivity contribution < 1.29 is 4.79 Å².